The summed E-state index contributed by atoms with van der Waals surface area (Å²) < 4.78 is 45.9. The topological polar surface area (TPSA) is 84.5 Å². The summed E-state index contributed by atoms with van der Waals surface area (Å²) >= 11 is 1.44. The number of anilines is 1. The number of hydrogen-bond acceptors (Lipinski definition) is 5. The molecule has 0 bridgehead atoms. The third-order valence-corrected chi connectivity index (χ3v) is 5.22. The fraction of sp³-hybridized carbons (Fsp3) is 0.526. The van der Waals surface area contributed by atoms with Crippen LogP contribution in [-0.4, -0.2) is 40.9 Å². The Balaban J connectivity index is 2.24. The quantitative estimate of drug-likeness (QED) is 0.749. The standard InChI is InChI=1S/C19H23F3N2O4S/c1-17(2,3)28-16(27)24-18(4,19(20,21)22)14(25)10-11-5-6-13-12(9-11)23-15(26)7-8-29-13/h5-6,9H,7-8,10H2,1-4H3,(H,23,26)(H,24,27)/t18-/m1/s1. The molecule has 0 spiro atoms. The molecule has 0 saturated heterocycles. The Morgan fingerprint density at radius 3 is 2.45 bits per heavy atom. The van der Waals surface area contributed by atoms with Gasteiger partial charge in [-0.25, -0.2) is 4.79 Å². The second-order valence-corrected chi connectivity index (χ2v) is 8.96. The number of rotatable bonds is 4. The number of nitrogens with one attached hydrogen (secondary N) is 2. The fourth-order valence-electron chi connectivity index (χ4n) is 2.55. The monoisotopic (exact) mass is 432 g/mol. The lowest BCUT2D eigenvalue weighted by Gasteiger charge is -2.32. The van der Waals surface area contributed by atoms with Crippen LogP contribution in [0.25, 0.3) is 0 Å². The Labute approximate surface area is 170 Å². The summed E-state index contributed by atoms with van der Waals surface area (Å²) in [5.74, 6) is -0.863. The maximum Gasteiger partial charge on any atom is 0.418 e. The van der Waals surface area contributed by atoms with E-state index in [1.807, 2.05) is 0 Å². The lowest BCUT2D eigenvalue weighted by atomic mass is 9.90. The van der Waals surface area contributed by atoms with Crippen LogP contribution in [0.15, 0.2) is 23.1 Å². The number of hydrogen-bond donors (Lipinski definition) is 2. The van der Waals surface area contributed by atoms with Gasteiger partial charge in [0.25, 0.3) is 0 Å². The molecule has 2 amide bonds. The number of ketones is 1. The summed E-state index contributed by atoms with van der Waals surface area (Å²) in [7, 11) is 0. The highest BCUT2D eigenvalue weighted by molar-refractivity contribution is 7.99. The molecule has 0 saturated carbocycles. The predicted molar refractivity (Wildman–Crippen MR) is 103 cm³/mol. The molecule has 0 unspecified atom stereocenters. The first kappa shape index (κ1) is 23.1. The summed E-state index contributed by atoms with van der Waals surface area (Å²) in [6.07, 6.45) is -6.63. The van der Waals surface area contributed by atoms with Crippen LogP contribution in [0.2, 0.25) is 0 Å². The van der Waals surface area contributed by atoms with Gasteiger partial charge in [0.15, 0.2) is 11.3 Å². The number of alkyl halides is 3. The zero-order valence-electron chi connectivity index (χ0n) is 16.5. The van der Waals surface area contributed by atoms with Crippen molar-refractivity contribution < 1.29 is 32.3 Å². The summed E-state index contributed by atoms with van der Waals surface area (Å²) in [4.78, 5) is 37.0. The van der Waals surface area contributed by atoms with Crippen LogP contribution in [0.1, 0.15) is 39.7 Å². The van der Waals surface area contributed by atoms with Crippen molar-refractivity contribution in [1.29, 1.82) is 0 Å². The van der Waals surface area contributed by atoms with E-state index in [0.717, 1.165) is 4.90 Å². The van der Waals surface area contributed by atoms with Crippen molar-refractivity contribution in [3.8, 4) is 0 Å². The van der Waals surface area contributed by atoms with E-state index in [1.54, 1.807) is 11.4 Å². The number of fused-ring (bicyclic) bond motifs is 1. The number of benzene rings is 1. The minimum atomic E-state index is -5.03. The normalized spacial score (nSPS) is 16.7. The Hall–Kier alpha value is -2.23. The van der Waals surface area contributed by atoms with E-state index >= 15 is 0 Å². The molecule has 10 heteroatoms. The van der Waals surface area contributed by atoms with Gasteiger partial charge in [-0.05, 0) is 45.4 Å². The zero-order chi connectivity index (χ0) is 22.0. The van der Waals surface area contributed by atoms with Crippen LogP contribution in [0.4, 0.5) is 23.7 Å². The van der Waals surface area contributed by atoms with Crippen molar-refractivity contribution in [2.45, 2.75) is 62.7 Å². The highest BCUT2D eigenvalue weighted by atomic mass is 32.2. The number of carbonyl (C=O) groups excluding carboxylic acids is 3. The molecule has 6 nitrogen and oxygen atoms in total. The number of alkyl carbamates (subject to hydrolysis) is 1. The number of carbonyl (C=O) groups is 3. The molecule has 1 aliphatic heterocycles. The van der Waals surface area contributed by atoms with E-state index in [1.165, 1.54) is 44.7 Å². The van der Waals surface area contributed by atoms with E-state index < -0.39 is 35.6 Å². The van der Waals surface area contributed by atoms with Crippen molar-refractivity contribution >= 4 is 35.2 Å². The van der Waals surface area contributed by atoms with E-state index in [2.05, 4.69) is 5.32 Å². The second-order valence-electron chi connectivity index (χ2n) is 7.83. The van der Waals surface area contributed by atoms with E-state index in [4.69, 9.17) is 4.74 Å². The molecule has 1 aliphatic rings. The maximum atomic E-state index is 13.7. The molecule has 29 heavy (non-hydrogen) atoms. The van der Waals surface area contributed by atoms with Gasteiger partial charge in [-0.1, -0.05) is 6.07 Å². The molecule has 1 atom stereocenters. The number of amides is 2. The van der Waals surface area contributed by atoms with Crippen LogP contribution < -0.4 is 10.6 Å². The van der Waals surface area contributed by atoms with Crippen LogP contribution in [0.5, 0.6) is 0 Å². The maximum absolute atomic E-state index is 13.7. The van der Waals surface area contributed by atoms with Gasteiger partial charge in [-0.3, -0.25) is 9.59 Å². The minimum Gasteiger partial charge on any atom is -0.444 e. The molecule has 0 radical (unpaired) electrons. The highest BCUT2D eigenvalue weighted by Gasteiger charge is 2.57. The largest absolute Gasteiger partial charge is 0.444 e. The first-order chi connectivity index (χ1) is 13.2. The molecule has 0 fully saturated rings. The van der Waals surface area contributed by atoms with Gasteiger partial charge in [0, 0.05) is 23.5 Å². The molecule has 2 rings (SSSR count). The average molecular weight is 432 g/mol. The van der Waals surface area contributed by atoms with Gasteiger partial charge in [0.1, 0.15) is 5.60 Å². The first-order valence-corrected chi connectivity index (χ1v) is 9.86. The van der Waals surface area contributed by atoms with E-state index in [-0.39, 0.29) is 11.5 Å². The lowest BCUT2D eigenvalue weighted by Crippen LogP contribution is -2.62. The van der Waals surface area contributed by atoms with Crippen LogP contribution in [0.3, 0.4) is 0 Å². The smallest absolute Gasteiger partial charge is 0.418 e. The summed E-state index contributed by atoms with van der Waals surface area (Å²) in [6, 6.07) is 4.67. The van der Waals surface area contributed by atoms with Gasteiger partial charge >= 0.3 is 12.3 Å². The molecule has 160 valence electrons. The van der Waals surface area contributed by atoms with Crippen molar-refractivity contribution in [1.82, 2.24) is 5.32 Å². The fourth-order valence-corrected chi connectivity index (χ4v) is 3.48. The Morgan fingerprint density at radius 2 is 1.86 bits per heavy atom. The van der Waals surface area contributed by atoms with Crippen LogP contribution >= 0.6 is 11.8 Å². The van der Waals surface area contributed by atoms with Crippen LogP contribution in [0, 0.1) is 0 Å². The van der Waals surface area contributed by atoms with Crippen molar-refractivity contribution in [3.05, 3.63) is 23.8 Å². The van der Waals surface area contributed by atoms with Crippen molar-refractivity contribution in [3.63, 3.8) is 0 Å². The number of ether oxygens (including phenoxy) is 1. The molecule has 1 aromatic rings. The van der Waals surface area contributed by atoms with Gasteiger partial charge < -0.3 is 15.4 Å². The molecular formula is C19H23F3N2O4S. The molecule has 0 aliphatic carbocycles. The molecule has 1 heterocycles. The van der Waals surface area contributed by atoms with Crippen molar-refractivity contribution in [2.24, 2.45) is 0 Å². The van der Waals surface area contributed by atoms with E-state index in [9.17, 15) is 27.6 Å². The summed E-state index contributed by atoms with van der Waals surface area (Å²) in [5.41, 5.74) is -3.40. The number of Topliss-reactive ketones (excluding diaryl/α,β-unsaturated/α-hetero) is 1. The lowest BCUT2D eigenvalue weighted by molar-refractivity contribution is -0.193. The van der Waals surface area contributed by atoms with Gasteiger partial charge in [-0.2, -0.15) is 13.2 Å². The second kappa shape index (κ2) is 8.25. The highest BCUT2D eigenvalue weighted by Crippen LogP contribution is 2.34. The third kappa shape index (κ3) is 5.88. The molecule has 1 aromatic carbocycles. The Kier molecular flexibility index (Phi) is 6.56. The summed E-state index contributed by atoms with van der Waals surface area (Å²) in [5, 5.41) is 4.36. The van der Waals surface area contributed by atoms with Gasteiger partial charge in [0.2, 0.25) is 5.91 Å². The van der Waals surface area contributed by atoms with Crippen LogP contribution in [-0.2, 0) is 20.7 Å². The average Bonchev–Trinajstić information content (AvgIpc) is 2.71. The molecule has 2 N–H and O–H groups in total. The van der Waals surface area contributed by atoms with Gasteiger partial charge in [-0.15, -0.1) is 11.8 Å². The van der Waals surface area contributed by atoms with Crippen molar-refractivity contribution in [2.75, 3.05) is 11.1 Å². The summed E-state index contributed by atoms with van der Waals surface area (Å²) in [6.45, 7) is 5.12. The van der Waals surface area contributed by atoms with E-state index in [0.29, 0.717) is 24.8 Å². The predicted octanol–water partition coefficient (Wildman–Crippen LogP) is 4.08. The Morgan fingerprint density at radius 1 is 1.21 bits per heavy atom. The van der Waals surface area contributed by atoms with Gasteiger partial charge in [0.05, 0.1) is 5.69 Å². The SMILES string of the molecule is CC(C)(C)OC(=O)N[C@](C)(C(=O)Cc1ccc2c(c1)NC(=O)CCS2)C(F)(F)F. The Bertz CT molecular complexity index is 821. The third-order valence-electron chi connectivity index (χ3n) is 4.15. The molecule has 0 aromatic heterocycles. The number of thioether (sulfide) groups is 1. The number of halogens is 3. The zero-order valence-corrected chi connectivity index (χ0v) is 17.3. The molecular weight excluding hydrogens is 409 g/mol. The minimum absolute atomic E-state index is 0.202. The first-order valence-electron chi connectivity index (χ1n) is 8.88.